The van der Waals surface area contributed by atoms with Crippen molar-refractivity contribution in [2.75, 3.05) is 0 Å². The maximum atomic E-state index is 6.74. The second kappa shape index (κ2) is 13.1. The molecule has 0 unspecified atom stereocenters. The Bertz CT molecular complexity index is 4260. The van der Waals surface area contributed by atoms with Crippen LogP contribution in [0.3, 0.4) is 0 Å². The first-order chi connectivity index (χ1) is 31.2. The van der Waals surface area contributed by atoms with Gasteiger partial charge in [0.05, 0.1) is 0 Å². The van der Waals surface area contributed by atoms with E-state index in [1.54, 1.807) is 0 Å². The molecule has 14 rings (SSSR count). The van der Waals surface area contributed by atoms with E-state index in [2.05, 4.69) is 218 Å². The van der Waals surface area contributed by atoms with Gasteiger partial charge in [0.15, 0.2) is 0 Å². The minimum absolute atomic E-state index is 0.894. The number of benzene rings is 13. The highest BCUT2D eigenvalue weighted by atomic mass is 16.3. The third-order valence-electron chi connectivity index (χ3n) is 13.8. The topological polar surface area (TPSA) is 13.1 Å². The number of fused-ring (bicyclic) bond motifs is 16. The molecule has 0 aliphatic carbocycles. The summed E-state index contributed by atoms with van der Waals surface area (Å²) in [5.74, 6) is 0. The van der Waals surface area contributed by atoms with E-state index in [-0.39, 0.29) is 0 Å². The van der Waals surface area contributed by atoms with Gasteiger partial charge >= 0.3 is 0 Å². The van der Waals surface area contributed by atoms with Crippen LogP contribution in [0.2, 0.25) is 0 Å². The third kappa shape index (κ3) is 5.17. The van der Waals surface area contributed by atoms with E-state index in [1.807, 2.05) is 0 Å². The summed E-state index contributed by atoms with van der Waals surface area (Å²) in [6, 6.07) is 80.6. The van der Waals surface area contributed by atoms with Gasteiger partial charge in [-0.05, 0) is 168 Å². The summed E-state index contributed by atoms with van der Waals surface area (Å²) in [5.41, 5.74) is 8.92. The molecule has 1 heteroatoms. The Labute approximate surface area is 362 Å². The van der Waals surface area contributed by atoms with Crippen LogP contribution in [0.15, 0.2) is 223 Å². The number of hydrogen-bond acceptors (Lipinski definition) is 1. The van der Waals surface area contributed by atoms with E-state index < -0.39 is 0 Å². The smallest absolute Gasteiger partial charge is 0.136 e. The van der Waals surface area contributed by atoms with E-state index in [0.717, 1.165) is 33.1 Å². The van der Waals surface area contributed by atoms with Crippen LogP contribution in [0.4, 0.5) is 0 Å². The first kappa shape index (κ1) is 34.5. The summed E-state index contributed by atoms with van der Waals surface area (Å²) in [7, 11) is 0. The highest BCUT2D eigenvalue weighted by Crippen LogP contribution is 2.43. The van der Waals surface area contributed by atoms with Crippen LogP contribution in [0.5, 0.6) is 0 Å². The molecular formula is C62H36O. The van der Waals surface area contributed by atoms with Gasteiger partial charge in [0.1, 0.15) is 11.2 Å². The SMILES string of the molecule is c1ccc2c(c1)ccc1c3ccccc3c(-c3ccc4c(c3)oc3cc(-c5ccc6ccc(-c7cc8ccc9ccc%10ccccc%10c9c8c8ccccc78)cc6c5)ccc34)cc21. The average molecular weight is 797 g/mol. The lowest BCUT2D eigenvalue weighted by atomic mass is 9.88. The predicted octanol–water partition coefficient (Wildman–Crippen LogP) is 17.8. The molecule has 1 aromatic heterocycles. The Balaban J connectivity index is 0.874. The lowest BCUT2D eigenvalue weighted by Gasteiger charge is -2.15. The second-order valence-electron chi connectivity index (χ2n) is 17.2. The summed E-state index contributed by atoms with van der Waals surface area (Å²) in [4.78, 5) is 0. The van der Waals surface area contributed by atoms with Gasteiger partial charge < -0.3 is 4.42 Å². The van der Waals surface area contributed by atoms with Crippen LogP contribution in [0, 0.1) is 0 Å². The normalized spacial score (nSPS) is 12.1. The molecule has 14 aromatic rings. The highest BCUT2D eigenvalue weighted by molar-refractivity contribution is 6.29. The van der Waals surface area contributed by atoms with E-state index in [0.29, 0.717) is 0 Å². The van der Waals surface area contributed by atoms with Crippen LogP contribution < -0.4 is 0 Å². The number of hydrogen-bond donors (Lipinski definition) is 0. The predicted molar refractivity (Wildman–Crippen MR) is 270 cm³/mol. The van der Waals surface area contributed by atoms with Crippen molar-refractivity contribution in [1.82, 2.24) is 0 Å². The van der Waals surface area contributed by atoms with Crippen LogP contribution in [0.25, 0.3) is 141 Å². The molecule has 290 valence electrons. The van der Waals surface area contributed by atoms with Crippen molar-refractivity contribution in [2.24, 2.45) is 0 Å². The quantitative estimate of drug-likeness (QED) is 0.162. The molecule has 0 saturated carbocycles. The van der Waals surface area contributed by atoms with Crippen LogP contribution in [-0.4, -0.2) is 0 Å². The Hall–Kier alpha value is -8.26. The van der Waals surface area contributed by atoms with Crippen LogP contribution in [0.1, 0.15) is 0 Å². The second-order valence-corrected chi connectivity index (χ2v) is 17.2. The van der Waals surface area contributed by atoms with Crippen LogP contribution in [-0.2, 0) is 0 Å². The largest absolute Gasteiger partial charge is 0.456 e. The van der Waals surface area contributed by atoms with Crippen molar-refractivity contribution in [3.63, 3.8) is 0 Å². The van der Waals surface area contributed by atoms with Gasteiger partial charge in [0.2, 0.25) is 0 Å². The average Bonchev–Trinajstić information content (AvgIpc) is 3.72. The van der Waals surface area contributed by atoms with E-state index in [9.17, 15) is 0 Å². The molecule has 13 aromatic carbocycles. The van der Waals surface area contributed by atoms with Gasteiger partial charge in [-0.1, -0.05) is 170 Å². The van der Waals surface area contributed by atoms with E-state index in [4.69, 9.17) is 4.42 Å². The number of rotatable bonds is 3. The first-order valence-electron chi connectivity index (χ1n) is 21.8. The molecule has 0 fully saturated rings. The minimum Gasteiger partial charge on any atom is -0.456 e. The zero-order valence-electron chi connectivity index (χ0n) is 34.2. The fourth-order valence-corrected chi connectivity index (χ4v) is 10.7. The standard InChI is InChI=1S/C62H36O/c1-3-11-47-38(9-1)25-28-52-49-13-5-6-14-50(49)57(36-58(47)52)44-27-30-54-53-29-26-42(34-59(53)63-60(54)35-44)41-22-17-37-18-23-43(32-46(37)31-41)56-33-45-24-21-40-20-19-39-10-2-4-12-48(39)61(40)62(45)55-16-8-7-15-51(55)56/h1-36H. The molecule has 0 spiro atoms. The zero-order valence-corrected chi connectivity index (χ0v) is 34.2. The van der Waals surface area contributed by atoms with Crippen molar-refractivity contribution in [1.29, 1.82) is 0 Å². The molecule has 0 amide bonds. The van der Waals surface area contributed by atoms with Crippen molar-refractivity contribution < 1.29 is 4.42 Å². The van der Waals surface area contributed by atoms with Gasteiger partial charge in [-0.15, -0.1) is 0 Å². The molecule has 0 atom stereocenters. The molecule has 0 aliphatic heterocycles. The lowest BCUT2D eigenvalue weighted by molar-refractivity contribution is 0.669. The summed E-state index contributed by atoms with van der Waals surface area (Å²) < 4.78 is 6.74. The monoisotopic (exact) mass is 796 g/mol. The molecule has 1 nitrogen and oxygen atoms in total. The molecule has 0 N–H and O–H groups in total. The highest BCUT2D eigenvalue weighted by Gasteiger charge is 2.16. The van der Waals surface area contributed by atoms with Crippen LogP contribution >= 0.6 is 0 Å². The van der Waals surface area contributed by atoms with Gasteiger partial charge in [-0.3, -0.25) is 0 Å². The fraction of sp³-hybridized carbons (Fsp3) is 0. The van der Waals surface area contributed by atoms with Gasteiger partial charge in [0.25, 0.3) is 0 Å². The van der Waals surface area contributed by atoms with Crippen molar-refractivity contribution in [3.8, 4) is 33.4 Å². The Morgan fingerprint density at radius 2 is 0.651 bits per heavy atom. The first-order valence-corrected chi connectivity index (χ1v) is 21.8. The molecular weight excluding hydrogens is 761 g/mol. The maximum Gasteiger partial charge on any atom is 0.136 e. The minimum atomic E-state index is 0.894. The summed E-state index contributed by atoms with van der Waals surface area (Å²) >= 11 is 0. The van der Waals surface area contributed by atoms with Crippen molar-refractivity contribution in [2.45, 2.75) is 0 Å². The summed E-state index contributed by atoms with van der Waals surface area (Å²) in [6.45, 7) is 0. The lowest BCUT2D eigenvalue weighted by Crippen LogP contribution is -1.88. The number of furan rings is 1. The summed E-state index contributed by atoms with van der Waals surface area (Å²) in [5, 5.41) is 22.6. The van der Waals surface area contributed by atoms with Crippen molar-refractivity contribution >= 4 is 108 Å². The molecule has 0 saturated heterocycles. The van der Waals surface area contributed by atoms with E-state index >= 15 is 0 Å². The molecule has 0 aliphatic rings. The van der Waals surface area contributed by atoms with Crippen molar-refractivity contribution in [3.05, 3.63) is 218 Å². The van der Waals surface area contributed by atoms with Gasteiger partial charge in [0, 0.05) is 10.8 Å². The Morgan fingerprint density at radius 3 is 1.44 bits per heavy atom. The maximum absolute atomic E-state index is 6.74. The third-order valence-corrected chi connectivity index (χ3v) is 13.8. The summed E-state index contributed by atoms with van der Waals surface area (Å²) in [6.07, 6.45) is 0. The fourth-order valence-electron chi connectivity index (χ4n) is 10.7. The molecule has 63 heavy (non-hydrogen) atoms. The van der Waals surface area contributed by atoms with Gasteiger partial charge in [-0.25, -0.2) is 0 Å². The van der Waals surface area contributed by atoms with E-state index in [1.165, 1.54) is 108 Å². The molecule has 1 heterocycles. The molecule has 0 bridgehead atoms. The molecule has 0 radical (unpaired) electrons. The van der Waals surface area contributed by atoms with Gasteiger partial charge in [-0.2, -0.15) is 0 Å². The zero-order chi connectivity index (χ0) is 41.2. The Morgan fingerprint density at radius 1 is 0.206 bits per heavy atom. The Kier molecular flexibility index (Phi) is 7.17.